The van der Waals surface area contributed by atoms with Gasteiger partial charge < -0.3 is 10.0 Å². The van der Waals surface area contributed by atoms with Crippen molar-refractivity contribution in [3.05, 3.63) is 47.7 Å². The number of rotatable bonds is 1. The molecule has 0 fully saturated rings. The van der Waals surface area contributed by atoms with E-state index >= 15 is 0 Å². The average Bonchev–Trinajstić information content (AvgIpc) is 2.96. The van der Waals surface area contributed by atoms with E-state index in [0.29, 0.717) is 23.4 Å². The first-order valence-electron chi connectivity index (χ1n) is 5.88. The number of nitrogens with zero attached hydrogens (tertiary/aromatic N) is 2. The van der Waals surface area contributed by atoms with Crippen LogP contribution in [0.5, 0.6) is 0 Å². The Balaban J connectivity index is 2.23. The Morgan fingerprint density at radius 1 is 1.26 bits per heavy atom. The molecular formula is C14H12N2O3. The fourth-order valence-corrected chi connectivity index (χ4v) is 2.48. The second-order valence-corrected chi connectivity index (χ2v) is 4.55. The fraction of sp³-hybridized carbons (Fsp3) is 0.143. The Morgan fingerprint density at radius 3 is 2.79 bits per heavy atom. The van der Waals surface area contributed by atoms with Crippen molar-refractivity contribution in [3.8, 4) is 11.3 Å². The number of hydrogen-bond donors (Lipinski definition) is 1. The molecule has 19 heavy (non-hydrogen) atoms. The summed E-state index contributed by atoms with van der Waals surface area (Å²) in [7, 11) is 1.74. The van der Waals surface area contributed by atoms with Gasteiger partial charge in [0, 0.05) is 25.4 Å². The number of hydrogen-bond acceptors (Lipinski definition) is 2. The van der Waals surface area contributed by atoms with Crippen molar-refractivity contribution in [2.75, 3.05) is 7.05 Å². The molecule has 5 heteroatoms. The third-order valence-corrected chi connectivity index (χ3v) is 3.35. The van der Waals surface area contributed by atoms with Crippen molar-refractivity contribution in [1.82, 2.24) is 9.47 Å². The zero-order valence-electron chi connectivity index (χ0n) is 10.3. The van der Waals surface area contributed by atoms with Crippen molar-refractivity contribution in [2.45, 2.75) is 6.54 Å². The van der Waals surface area contributed by atoms with Gasteiger partial charge in [0.1, 0.15) is 0 Å². The summed E-state index contributed by atoms with van der Waals surface area (Å²) < 4.78 is 1.13. The summed E-state index contributed by atoms with van der Waals surface area (Å²) in [6.45, 7) is 0.565. The highest BCUT2D eigenvalue weighted by atomic mass is 16.4. The molecule has 1 aliphatic rings. The lowest BCUT2D eigenvalue weighted by Crippen LogP contribution is -2.18. The highest BCUT2D eigenvalue weighted by Gasteiger charge is 2.28. The van der Waals surface area contributed by atoms with Crippen molar-refractivity contribution in [2.24, 2.45) is 0 Å². The van der Waals surface area contributed by atoms with Gasteiger partial charge in [-0.3, -0.25) is 9.36 Å². The topological polar surface area (TPSA) is 62.5 Å². The van der Waals surface area contributed by atoms with E-state index < -0.39 is 6.09 Å². The largest absolute Gasteiger partial charge is 0.464 e. The first-order chi connectivity index (χ1) is 9.09. The van der Waals surface area contributed by atoms with Crippen LogP contribution in [0.15, 0.2) is 36.5 Å². The van der Waals surface area contributed by atoms with Crippen LogP contribution in [0, 0.1) is 0 Å². The zero-order valence-corrected chi connectivity index (χ0v) is 10.3. The predicted molar refractivity (Wildman–Crippen MR) is 69.1 cm³/mol. The molecule has 1 aromatic heterocycles. The van der Waals surface area contributed by atoms with E-state index in [1.54, 1.807) is 30.1 Å². The van der Waals surface area contributed by atoms with Gasteiger partial charge in [-0.15, -0.1) is 0 Å². The smallest absolute Gasteiger partial charge is 0.415 e. The van der Waals surface area contributed by atoms with Gasteiger partial charge in [-0.25, -0.2) is 4.79 Å². The average molecular weight is 256 g/mol. The molecule has 0 saturated heterocycles. The van der Waals surface area contributed by atoms with Gasteiger partial charge in [0.25, 0.3) is 5.91 Å². The zero-order chi connectivity index (χ0) is 13.6. The number of carbonyl (C=O) groups excluding carboxylic acids is 1. The third kappa shape index (κ3) is 1.62. The molecule has 1 N–H and O–H groups in total. The number of carbonyl (C=O) groups is 2. The molecule has 2 heterocycles. The molecule has 1 aromatic carbocycles. The minimum absolute atomic E-state index is 0.0660. The summed E-state index contributed by atoms with van der Waals surface area (Å²) in [5.74, 6) is -0.0660. The van der Waals surface area contributed by atoms with Crippen LogP contribution in [0.3, 0.4) is 0 Å². The minimum Gasteiger partial charge on any atom is -0.464 e. The second-order valence-electron chi connectivity index (χ2n) is 4.55. The van der Waals surface area contributed by atoms with Crippen molar-refractivity contribution >= 4 is 12.0 Å². The molecule has 1 aliphatic heterocycles. The van der Waals surface area contributed by atoms with Gasteiger partial charge in [-0.1, -0.05) is 18.2 Å². The first-order valence-corrected chi connectivity index (χ1v) is 5.88. The molecule has 0 saturated carbocycles. The quantitative estimate of drug-likeness (QED) is 0.851. The normalized spacial score (nSPS) is 13.7. The minimum atomic E-state index is -1.06. The SMILES string of the molecule is CN1Cc2cccc(-c3cccn3C(=O)O)c2C1=O. The van der Waals surface area contributed by atoms with Crippen LogP contribution in [0.4, 0.5) is 4.79 Å². The maximum absolute atomic E-state index is 12.2. The Labute approximate surface area is 109 Å². The van der Waals surface area contributed by atoms with Crippen molar-refractivity contribution in [3.63, 3.8) is 0 Å². The van der Waals surface area contributed by atoms with Crippen LogP contribution >= 0.6 is 0 Å². The van der Waals surface area contributed by atoms with Crippen LogP contribution < -0.4 is 0 Å². The number of fused-ring (bicyclic) bond motifs is 1. The summed E-state index contributed by atoms with van der Waals surface area (Å²) in [5.41, 5.74) is 2.72. The highest BCUT2D eigenvalue weighted by Crippen LogP contribution is 2.32. The first kappa shape index (κ1) is 11.5. The van der Waals surface area contributed by atoms with Gasteiger partial charge in [0.05, 0.1) is 11.3 Å². The molecule has 3 rings (SSSR count). The summed E-state index contributed by atoms with van der Waals surface area (Å²) in [4.78, 5) is 25.0. The molecule has 0 spiro atoms. The molecule has 0 radical (unpaired) electrons. The third-order valence-electron chi connectivity index (χ3n) is 3.35. The van der Waals surface area contributed by atoms with Crippen LogP contribution in [-0.2, 0) is 6.54 Å². The van der Waals surface area contributed by atoms with E-state index in [4.69, 9.17) is 5.11 Å². The maximum atomic E-state index is 12.2. The fourth-order valence-electron chi connectivity index (χ4n) is 2.48. The molecular weight excluding hydrogens is 244 g/mol. The molecule has 0 aliphatic carbocycles. The predicted octanol–water partition coefficient (Wildman–Crippen LogP) is 2.27. The van der Waals surface area contributed by atoms with Gasteiger partial charge in [0.2, 0.25) is 0 Å². The van der Waals surface area contributed by atoms with Crippen molar-refractivity contribution < 1.29 is 14.7 Å². The van der Waals surface area contributed by atoms with Crippen molar-refractivity contribution in [1.29, 1.82) is 0 Å². The summed E-state index contributed by atoms with van der Waals surface area (Å²) in [6, 6.07) is 8.89. The molecule has 5 nitrogen and oxygen atoms in total. The number of amides is 1. The Morgan fingerprint density at radius 2 is 2.05 bits per heavy atom. The van der Waals surface area contributed by atoms with Crippen LogP contribution in [0.25, 0.3) is 11.3 Å². The number of aromatic nitrogens is 1. The lowest BCUT2D eigenvalue weighted by atomic mass is 10.0. The van der Waals surface area contributed by atoms with Gasteiger partial charge >= 0.3 is 6.09 Å². The monoisotopic (exact) mass is 256 g/mol. The van der Waals surface area contributed by atoms with E-state index in [1.807, 2.05) is 12.1 Å². The molecule has 1 amide bonds. The summed E-state index contributed by atoms with van der Waals surface area (Å²) in [5, 5.41) is 9.15. The van der Waals surface area contributed by atoms with E-state index in [1.165, 1.54) is 6.20 Å². The van der Waals surface area contributed by atoms with E-state index in [9.17, 15) is 9.59 Å². The molecule has 0 bridgehead atoms. The van der Waals surface area contributed by atoms with E-state index in [2.05, 4.69) is 0 Å². The number of benzene rings is 1. The Hall–Kier alpha value is -2.56. The van der Waals surface area contributed by atoms with Crippen LogP contribution in [0.2, 0.25) is 0 Å². The Bertz CT molecular complexity index is 688. The van der Waals surface area contributed by atoms with E-state index in [-0.39, 0.29) is 5.91 Å². The van der Waals surface area contributed by atoms with Crippen LogP contribution in [-0.4, -0.2) is 33.6 Å². The molecule has 0 atom stereocenters. The van der Waals surface area contributed by atoms with Gasteiger partial charge in [0.15, 0.2) is 0 Å². The Kier molecular flexibility index (Phi) is 2.41. The van der Waals surface area contributed by atoms with Gasteiger partial charge in [-0.05, 0) is 17.7 Å². The maximum Gasteiger partial charge on any atom is 0.415 e. The van der Waals surface area contributed by atoms with Crippen LogP contribution in [0.1, 0.15) is 15.9 Å². The lowest BCUT2D eigenvalue weighted by Gasteiger charge is -2.09. The lowest BCUT2D eigenvalue weighted by molar-refractivity contribution is 0.0817. The van der Waals surface area contributed by atoms with E-state index in [0.717, 1.165) is 10.1 Å². The summed E-state index contributed by atoms with van der Waals surface area (Å²) in [6.07, 6.45) is 0.414. The van der Waals surface area contributed by atoms with Gasteiger partial charge in [-0.2, -0.15) is 0 Å². The second kappa shape index (κ2) is 3.98. The highest BCUT2D eigenvalue weighted by molar-refractivity contribution is 6.04. The molecule has 96 valence electrons. The summed E-state index contributed by atoms with van der Waals surface area (Å²) >= 11 is 0. The number of carboxylic acid groups (broad SMARTS) is 1. The molecule has 0 unspecified atom stereocenters. The molecule has 2 aromatic rings. The standard InChI is InChI=1S/C14H12N2O3/c1-15-8-9-4-2-5-10(12(9)13(15)17)11-6-3-7-16(11)14(18)19/h2-7H,8H2,1H3,(H,18,19).